The molecule has 1 aliphatic carbocycles. The lowest BCUT2D eigenvalue weighted by atomic mass is 10.1. The number of nitrogen functional groups attached to an aromatic ring is 1. The second kappa shape index (κ2) is 4.71. The van der Waals surface area contributed by atoms with Crippen molar-refractivity contribution in [2.75, 3.05) is 5.43 Å². The van der Waals surface area contributed by atoms with Gasteiger partial charge in [0.05, 0.1) is 11.3 Å². The van der Waals surface area contributed by atoms with Crippen molar-refractivity contribution in [3.63, 3.8) is 0 Å². The molecule has 0 bridgehead atoms. The fraction of sp³-hybridized carbons (Fsp3) is 0.417. The van der Waals surface area contributed by atoms with E-state index in [1.54, 1.807) is 6.07 Å². The Labute approximate surface area is 99.4 Å². The van der Waals surface area contributed by atoms with Crippen molar-refractivity contribution in [2.45, 2.75) is 25.8 Å². The zero-order valence-electron chi connectivity index (χ0n) is 9.66. The van der Waals surface area contributed by atoms with Crippen LogP contribution in [-0.2, 0) is 0 Å². The number of carbonyl (C=O) groups excluding carboxylic acids is 1. The molecular formula is C12H16FN3O. The topological polar surface area (TPSA) is 67.2 Å². The van der Waals surface area contributed by atoms with Crippen LogP contribution in [0.2, 0.25) is 0 Å². The second-order valence-electron chi connectivity index (χ2n) is 4.29. The Bertz CT molecular complexity index is 436. The zero-order valence-corrected chi connectivity index (χ0v) is 9.66. The van der Waals surface area contributed by atoms with E-state index < -0.39 is 5.82 Å². The van der Waals surface area contributed by atoms with E-state index in [1.807, 2.05) is 0 Å². The monoisotopic (exact) mass is 237 g/mol. The highest BCUT2D eigenvalue weighted by Crippen LogP contribution is 2.33. The van der Waals surface area contributed by atoms with Crippen LogP contribution in [0.25, 0.3) is 0 Å². The lowest BCUT2D eigenvalue weighted by Crippen LogP contribution is -2.28. The molecule has 1 aromatic carbocycles. The Kier molecular flexibility index (Phi) is 3.28. The highest BCUT2D eigenvalue weighted by atomic mass is 19.1. The summed E-state index contributed by atoms with van der Waals surface area (Å²) in [5.74, 6) is 4.97. The number of hydrogen-bond acceptors (Lipinski definition) is 3. The maximum atomic E-state index is 13.4. The van der Waals surface area contributed by atoms with Crippen LogP contribution in [0, 0.1) is 11.7 Å². The third-order valence-electron chi connectivity index (χ3n) is 3.17. The molecule has 0 radical (unpaired) electrons. The molecule has 0 saturated heterocycles. The third-order valence-corrected chi connectivity index (χ3v) is 3.17. The van der Waals surface area contributed by atoms with Gasteiger partial charge in [-0.15, -0.1) is 0 Å². The first kappa shape index (κ1) is 11.9. The van der Waals surface area contributed by atoms with Crippen molar-refractivity contribution in [3.05, 3.63) is 29.6 Å². The van der Waals surface area contributed by atoms with Gasteiger partial charge in [-0.2, -0.15) is 0 Å². The maximum Gasteiger partial charge on any atom is 0.253 e. The Morgan fingerprint density at radius 2 is 2.35 bits per heavy atom. The summed E-state index contributed by atoms with van der Waals surface area (Å²) in [6, 6.07) is 4.53. The fourth-order valence-electron chi connectivity index (χ4n) is 1.98. The Morgan fingerprint density at radius 3 is 2.94 bits per heavy atom. The van der Waals surface area contributed by atoms with Crippen molar-refractivity contribution < 1.29 is 9.18 Å². The molecule has 4 N–H and O–H groups in total. The average Bonchev–Trinajstić information content (AvgIpc) is 3.07. The number of amides is 1. The van der Waals surface area contributed by atoms with Crippen LogP contribution in [0.3, 0.4) is 0 Å². The number of hydrogen-bond donors (Lipinski definition) is 3. The van der Waals surface area contributed by atoms with Crippen LogP contribution in [0.1, 0.15) is 30.1 Å². The summed E-state index contributed by atoms with van der Waals surface area (Å²) in [5.41, 5.74) is 2.51. The number of halogens is 1. The minimum Gasteiger partial charge on any atom is -0.349 e. The van der Waals surface area contributed by atoms with Crippen LogP contribution < -0.4 is 16.6 Å². The van der Waals surface area contributed by atoms with Gasteiger partial charge in [-0.3, -0.25) is 10.6 Å². The molecule has 1 aromatic rings. The molecule has 17 heavy (non-hydrogen) atoms. The van der Waals surface area contributed by atoms with E-state index in [0.717, 1.165) is 12.8 Å². The van der Waals surface area contributed by atoms with E-state index in [-0.39, 0.29) is 23.2 Å². The summed E-state index contributed by atoms with van der Waals surface area (Å²) >= 11 is 0. The van der Waals surface area contributed by atoms with Gasteiger partial charge in [0.1, 0.15) is 5.82 Å². The van der Waals surface area contributed by atoms with Gasteiger partial charge >= 0.3 is 0 Å². The van der Waals surface area contributed by atoms with Crippen LogP contribution in [0.4, 0.5) is 10.1 Å². The summed E-state index contributed by atoms with van der Waals surface area (Å²) in [7, 11) is 0. The van der Waals surface area contributed by atoms with Gasteiger partial charge in [0.2, 0.25) is 0 Å². The standard InChI is InChI=1S/C12H16FN3O/c1-2-7-6-10(7)15-12(17)8-4-3-5-9(13)11(8)16-14/h3-5,7,10,16H,2,6,14H2,1H3,(H,15,17). The van der Waals surface area contributed by atoms with Crippen LogP contribution in [0.15, 0.2) is 18.2 Å². The van der Waals surface area contributed by atoms with Crippen molar-refractivity contribution >= 4 is 11.6 Å². The molecule has 2 unspecified atom stereocenters. The Morgan fingerprint density at radius 1 is 1.59 bits per heavy atom. The van der Waals surface area contributed by atoms with E-state index in [9.17, 15) is 9.18 Å². The van der Waals surface area contributed by atoms with E-state index in [0.29, 0.717) is 5.92 Å². The number of nitrogens with one attached hydrogen (secondary N) is 2. The number of carbonyl (C=O) groups is 1. The van der Waals surface area contributed by atoms with E-state index >= 15 is 0 Å². The third kappa shape index (κ3) is 2.39. The number of rotatable bonds is 4. The normalized spacial score (nSPS) is 22.1. The number of nitrogens with two attached hydrogens (primary N) is 1. The van der Waals surface area contributed by atoms with E-state index in [2.05, 4.69) is 17.7 Å². The largest absolute Gasteiger partial charge is 0.349 e. The maximum absolute atomic E-state index is 13.4. The lowest BCUT2D eigenvalue weighted by molar-refractivity contribution is 0.0949. The number of anilines is 1. The predicted octanol–water partition coefficient (Wildman–Crippen LogP) is 1.64. The summed E-state index contributed by atoms with van der Waals surface area (Å²) in [4.78, 5) is 11.9. The fourth-order valence-corrected chi connectivity index (χ4v) is 1.98. The first-order valence-corrected chi connectivity index (χ1v) is 5.73. The summed E-state index contributed by atoms with van der Waals surface area (Å²) in [6.07, 6.45) is 2.05. The molecular weight excluding hydrogens is 221 g/mol. The first-order valence-electron chi connectivity index (χ1n) is 5.73. The summed E-state index contributed by atoms with van der Waals surface area (Å²) in [5, 5.41) is 2.87. The summed E-state index contributed by atoms with van der Waals surface area (Å²) < 4.78 is 13.4. The molecule has 1 fully saturated rings. The van der Waals surface area contributed by atoms with Crippen molar-refractivity contribution in [1.82, 2.24) is 5.32 Å². The minimum atomic E-state index is -0.525. The van der Waals surface area contributed by atoms with Crippen LogP contribution >= 0.6 is 0 Å². The molecule has 92 valence electrons. The molecule has 1 saturated carbocycles. The molecule has 0 heterocycles. The summed E-state index contributed by atoms with van der Waals surface area (Å²) in [6.45, 7) is 2.09. The van der Waals surface area contributed by atoms with Gasteiger partial charge in [0.15, 0.2) is 0 Å². The Hall–Kier alpha value is -1.62. The molecule has 5 heteroatoms. The second-order valence-corrected chi connectivity index (χ2v) is 4.29. The molecule has 2 rings (SSSR count). The number of benzene rings is 1. The average molecular weight is 237 g/mol. The molecule has 1 amide bonds. The number of para-hydroxylation sites is 1. The molecule has 0 aromatic heterocycles. The highest BCUT2D eigenvalue weighted by molar-refractivity contribution is 6.00. The van der Waals surface area contributed by atoms with Gasteiger partial charge in [-0.25, -0.2) is 4.39 Å². The van der Waals surface area contributed by atoms with Gasteiger partial charge in [-0.05, 0) is 24.5 Å². The highest BCUT2D eigenvalue weighted by Gasteiger charge is 2.36. The first-order chi connectivity index (χ1) is 8.17. The minimum absolute atomic E-state index is 0.0405. The quantitative estimate of drug-likeness (QED) is 0.551. The zero-order chi connectivity index (χ0) is 12.4. The van der Waals surface area contributed by atoms with Crippen molar-refractivity contribution in [1.29, 1.82) is 0 Å². The number of hydrazine groups is 1. The van der Waals surface area contributed by atoms with E-state index in [4.69, 9.17) is 5.84 Å². The van der Waals surface area contributed by atoms with Crippen LogP contribution in [-0.4, -0.2) is 11.9 Å². The molecule has 4 nitrogen and oxygen atoms in total. The van der Waals surface area contributed by atoms with E-state index in [1.165, 1.54) is 12.1 Å². The van der Waals surface area contributed by atoms with Crippen molar-refractivity contribution in [3.8, 4) is 0 Å². The smallest absolute Gasteiger partial charge is 0.253 e. The molecule has 0 spiro atoms. The van der Waals surface area contributed by atoms with Crippen LogP contribution in [0.5, 0.6) is 0 Å². The molecule has 0 aliphatic heterocycles. The SMILES string of the molecule is CCC1CC1NC(=O)c1cccc(F)c1NN. The van der Waals surface area contributed by atoms with Gasteiger partial charge in [0.25, 0.3) is 5.91 Å². The lowest BCUT2D eigenvalue weighted by Gasteiger charge is -2.10. The van der Waals surface area contributed by atoms with Gasteiger partial charge in [0, 0.05) is 6.04 Å². The van der Waals surface area contributed by atoms with Gasteiger partial charge in [-0.1, -0.05) is 19.4 Å². The predicted molar refractivity (Wildman–Crippen MR) is 63.9 cm³/mol. The van der Waals surface area contributed by atoms with Gasteiger partial charge < -0.3 is 10.7 Å². The molecule has 1 aliphatic rings. The Balaban J connectivity index is 2.11. The molecule has 2 atom stereocenters. The van der Waals surface area contributed by atoms with Crippen molar-refractivity contribution in [2.24, 2.45) is 11.8 Å².